The van der Waals surface area contributed by atoms with Gasteiger partial charge < -0.3 is 24.0 Å². The summed E-state index contributed by atoms with van der Waals surface area (Å²) in [6, 6.07) is 4.02. The van der Waals surface area contributed by atoms with E-state index in [4.69, 9.17) is 20.6 Å². The Morgan fingerprint density at radius 1 is 1.33 bits per heavy atom. The van der Waals surface area contributed by atoms with E-state index in [1.807, 2.05) is 0 Å². The number of aromatic nitrogens is 2. The summed E-state index contributed by atoms with van der Waals surface area (Å²) < 4.78 is 37.7. The normalized spacial score (nSPS) is 27.0. The molecular formula is C22H28ClFN3O5P. The topological polar surface area (TPSA) is 103 Å². The number of aryl methyl sites for hydroxylation is 1. The number of amides is 1. The van der Waals surface area contributed by atoms with Gasteiger partial charge in [0.15, 0.2) is 0 Å². The summed E-state index contributed by atoms with van der Waals surface area (Å²) in [7, 11) is 1.09. The van der Waals surface area contributed by atoms with Gasteiger partial charge in [0.2, 0.25) is 0 Å². The molecule has 1 aromatic carbocycles. The summed E-state index contributed by atoms with van der Waals surface area (Å²) in [5, 5.41) is 13.8. The van der Waals surface area contributed by atoms with E-state index in [-0.39, 0.29) is 34.8 Å². The lowest BCUT2D eigenvalue weighted by Gasteiger charge is -2.27. The van der Waals surface area contributed by atoms with E-state index >= 15 is 0 Å². The number of nitrogens with zero attached hydrogens (tertiary/aromatic N) is 2. The van der Waals surface area contributed by atoms with Crippen LogP contribution in [0.1, 0.15) is 47.8 Å². The minimum absolute atomic E-state index is 0.0257. The average Bonchev–Trinajstić information content (AvgIpc) is 3.41. The lowest BCUT2D eigenvalue weighted by Crippen LogP contribution is -2.31. The molecule has 0 radical (unpaired) electrons. The summed E-state index contributed by atoms with van der Waals surface area (Å²) >= 11 is 5.83. The van der Waals surface area contributed by atoms with Crippen LogP contribution < -0.4 is 5.32 Å². The zero-order chi connectivity index (χ0) is 24.0. The first kappa shape index (κ1) is 24.4. The fourth-order valence-corrected chi connectivity index (χ4v) is 7.04. The first-order valence-corrected chi connectivity index (χ1v) is 12.9. The highest BCUT2D eigenvalue weighted by Crippen LogP contribution is 2.59. The van der Waals surface area contributed by atoms with Crippen molar-refractivity contribution in [2.45, 2.75) is 37.2 Å². The lowest BCUT2D eigenvalue weighted by molar-refractivity contribution is 0.0543. The van der Waals surface area contributed by atoms with Crippen LogP contribution in [0.4, 0.5) is 10.1 Å². The largest absolute Gasteiger partial charge is 0.389 e. The fourth-order valence-electron chi connectivity index (χ4n) is 5.48. The second-order valence-electron chi connectivity index (χ2n) is 9.13. The third kappa shape index (κ3) is 4.88. The molecule has 2 aromatic rings. The average molecular weight is 500 g/mol. The van der Waals surface area contributed by atoms with Gasteiger partial charge >= 0.3 is 7.60 Å². The number of fused-ring (bicyclic) bond motifs is 1. The number of halogens is 2. The van der Waals surface area contributed by atoms with Gasteiger partial charge in [-0.1, -0.05) is 11.6 Å². The van der Waals surface area contributed by atoms with E-state index in [2.05, 4.69) is 10.3 Å². The predicted molar refractivity (Wildman–Crippen MR) is 122 cm³/mol. The van der Waals surface area contributed by atoms with Gasteiger partial charge in [-0.2, -0.15) is 0 Å². The Morgan fingerprint density at radius 2 is 1.97 bits per heavy atom. The van der Waals surface area contributed by atoms with Gasteiger partial charge in [-0.3, -0.25) is 9.36 Å². The molecule has 180 valence electrons. The molecule has 0 saturated heterocycles. The number of benzene rings is 1. The first-order valence-electron chi connectivity index (χ1n) is 10.8. The summed E-state index contributed by atoms with van der Waals surface area (Å²) in [6.07, 6.45) is 4.15. The van der Waals surface area contributed by atoms with Gasteiger partial charge in [-0.25, -0.2) is 9.37 Å². The van der Waals surface area contributed by atoms with Crippen molar-refractivity contribution in [3.05, 3.63) is 46.8 Å². The highest BCUT2D eigenvalue weighted by Gasteiger charge is 2.52. The molecule has 33 heavy (non-hydrogen) atoms. The Hall–Kier alpha value is -1.77. The van der Waals surface area contributed by atoms with Crippen LogP contribution >= 0.6 is 19.2 Å². The molecule has 2 aliphatic rings. The number of aliphatic hydroxyl groups is 1. The molecule has 2 saturated carbocycles. The maximum absolute atomic E-state index is 13.4. The molecule has 2 atom stereocenters. The minimum Gasteiger partial charge on any atom is -0.389 e. The summed E-state index contributed by atoms with van der Waals surface area (Å²) in [5.41, 5.74) is 0.459. The maximum Gasteiger partial charge on any atom is 0.333 e. The molecule has 2 fully saturated rings. The molecule has 4 rings (SSSR count). The number of nitrogens with one attached hydrogen (secondary N) is 1. The minimum atomic E-state index is -3.32. The monoisotopic (exact) mass is 499 g/mol. The van der Waals surface area contributed by atoms with Crippen LogP contribution in [-0.4, -0.2) is 46.5 Å². The van der Waals surface area contributed by atoms with Crippen molar-refractivity contribution in [3.63, 3.8) is 0 Å². The van der Waals surface area contributed by atoms with E-state index in [1.54, 1.807) is 17.9 Å². The standard InChI is InChI=1S/C22H28ClFN3O5P/c1-27-12-25-19(20(27)21(28)26-16-4-5-18(24)17(23)8-16)13-6-14-9-22(29,10-15(14)7-13)11-33(30,31-2)32-3/h4-5,8,12-15,29H,6-7,9-11H2,1-3H3,(H,26,28). The first-order chi connectivity index (χ1) is 15.6. The summed E-state index contributed by atoms with van der Waals surface area (Å²) in [4.78, 5) is 17.5. The SMILES string of the molecule is COP(=O)(CC1(O)CC2CC(c3ncn(C)c3C(=O)Nc3ccc(F)c(Cl)c3)CC2C1)OC. The molecule has 0 spiro atoms. The number of imidazole rings is 1. The van der Waals surface area contributed by atoms with E-state index < -0.39 is 19.0 Å². The zero-order valence-corrected chi connectivity index (χ0v) is 20.4. The van der Waals surface area contributed by atoms with Crippen LogP contribution in [0.3, 0.4) is 0 Å². The van der Waals surface area contributed by atoms with Crippen molar-refractivity contribution in [1.29, 1.82) is 0 Å². The zero-order valence-electron chi connectivity index (χ0n) is 18.8. The highest BCUT2D eigenvalue weighted by atomic mass is 35.5. The third-order valence-electron chi connectivity index (χ3n) is 6.91. The molecule has 8 nitrogen and oxygen atoms in total. The van der Waals surface area contributed by atoms with Crippen LogP contribution in [0.15, 0.2) is 24.5 Å². The van der Waals surface area contributed by atoms with E-state index in [9.17, 15) is 18.9 Å². The van der Waals surface area contributed by atoms with Crippen LogP contribution in [0.25, 0.3) is 0 Å². The molecule has 11 heteroatoms. The Bertz CT molecular complexity index is 1090. The van der Waals surface area contributed by atoms with Gasteiger partial charge in [0, 0.05) is 32.9 Å². The van der Waals surface area contributed by atoms with Crippen LogP contribution in [0.2, 0.25) is 5.02 Å². The number of carbonyl (C=O) groups excluding carboxylic acids is 1. The quantitative estimate of drug-likeness (QED) is 0.540. The summed E-state index contributed by atoms with van der Waals surface area (Å²) in [5.74, 6) is -0.366. The number of hydrogen-bond acceptors (Lipinski definition) is 6. The Kier molecular flexibility index (Phi) is 6.73. The van der Waals surface area contributed by atoms with Gasteiger partial charge in [0.1, 0.15) is 11.5 Å². The Balaban J connectivity index is 1.47. The number of anilines is 1. The van der Waals surface area contributed by atoms with Crippen molar-refractivity contribution < 1.29 is 27.9 Å². The van der Waals surface area contributed by atoms with Crippen LogP contribution in [0, 0.1) is 17.7 Å². The second kappa shape index (κ2) is 9.12. The summed E-state index contributed by atoms with van der Waals surface area (Å²) in [6.45, 7) is 0. The van der Waals surface area contributed by atoms with Crippen LogP contribution in [0.5, 0.6) is 0 Å². The lowest BCUT2D eigenvalue weighted by atomic mass is 9.93. The molecule has 1 aromatic heterocycles. The fraction of sp³-hybridized carbons (Fsp3) is 0.545. The molecular weight excluding hydrogens is 472 g/mol. The second-order valence-corrected chi connectivity index (χ2v) is 11.8. The van der Waals surface area contributed by atoms with Gasteiger partial charge in [-0.05, 0) is 55.7 Å². The van der Waals surface area contributed by atoms with Crippen molar-refractivity contribution in [2.24, 2.45) is 18.9 Å². The van der Waals surface area contributed by atoms with Crippen molar-refractivity contribution in [3.8, 4) is 0 Å². The number of carbonyl (C=O) groups is 1. The number of rotatable bonds is 7. The molecule has 2 unspecified atom stereocenters. The predicted octanol–water partition coefficient (Wildman–Crippen LogP) is 4.59. The smallest absolute Gasteiger partial charge is 0.333 e. The third-order valence-corrected chi connectivity index (χ3v) is 9.29. The molecule has 1 amide bonds. The Labute approximate surface area is 197 Å². The van der Waals surface area contributed by atoms with Gasteiger partial charge in [0.05, 0.1) is 28.8 Å². The van der Waals surface area contributed by atoms with Gasteiger partial charge in [-0.15, -0.1) is 0 Å². The van der Waals surface area contributed by atoms with Crippen molar-refractivity contribution in [2.75, 3.05) is 25.7 Å². The van der Waals surface area contributed by atoms with E-state index in [1.165, 1.54) is 32.4 Å². The Morgan fingerprint density at radius 3 is 2.55 bits per heavy atom. The maximum atomic E-state index is 13.4. The molecule has 2 aliphatic carbocycles. The van der Waals surface area contributed by atoms with Crippen molar-refractivity contribution >= 4 is 30.8 Å². The number of hydrogen-bond donors (Lipinski definition) is 2. The highest BCUT2D eigenvalue weighted by molar-refractivity contribution is 7.53. The van der Waals surface area contributed by atoms with Crippen molar-refractivity contribution in [1.82, 2.24) is 9.55 Å². The van der Waals surface area contributed by atoms with E-state index in [0.717, 1.165) is 12.8 Å². The van der Waals surface area contributed by atoms with Crippen LogP contribution in [-0.2, 0) is 20.7 Å². The van der Waals surface area contributed by atoms with Gasteiger partial charge in [0.25, 0.3) is 5.91 Å². The molecule has 1 heterocycles. The molecule has 2 N–H and O–H groups in total. The molecule has 0 bridgehead atoms. The molecule has 0 aliphatic heterocycles. The van der Waals surface area contributed by atoms with E-state index in [0.29, 0.717) is 29.9 Å².